The van der Waals surface area contributed by atoms with Crippen LogP contribution in [-0.2, 0) is 4.74 Å². The Morgan fingerprint density at radius 1 is 1.48 bits per heavy atom. The standard InChI is InChI=1S/C19H25N5O3/c1-11-6-16-20-7-12(18(26)24(16)21-11)17(25)23-9-14-13(8-22(2)3)15-4-5-19(14,10-23)27-15/h6-7,13-15,21H,4-5,8-10H2,1-3H3/t13-,14+,15+,19+/m1/s1. The Bertz CT molecular complexity index is 979. The van der Waals surface area contributed by atoms with E-state index in [1.165, 1.54) is 10.7 Å². The van der Waals surface area contributed by atoms with Crippen LogP contribution in [-0.4, -0.2) is 75.7 Å². The van der Waals surface area contributed by atoms with E-state index in [0.29, 0.717) is 36.7 Å². The van der Waals surface area contributed by atoms with Gasteiger partial charge >= 0.3 is 0 Å². The van der Waals surface area contributed by atoms with Crippen molar-refractivity contribution in [1.82, 2.24) is 24.4 Å². The Hall–Kier alpha value is -2.19. The molecule has 3 saturated heterocycles. The molecule has 3 aliphatic rings. The van der Waals surface area contributed by atoms with Gasteiger partial charge in [-0.2, -0.15) is 0 Å². The molecular weight excluding hydrogens is 346 g/mol. The van der Waals surface area contributed by atoms with Crippen molar-refractivity contribution >= 4 is 11.6 Å². The third-order valence-electron chi connectivity index (χ3n) is 6.50. The summed E-state index contributed by atoms with van der Waals surface area (Å²) in [5.41, 5.74) is 0.902. The highest BCUT2D eigenvalue weighted by Gasteiger charge is 2.63. The van der Waals surface area contributed by atoms with Crippen molar-refractivity contribution in [3.63, 3.8) is 0 Å². The maximum Gasteiger partial charge on any atom is 0.285 e. The zero-order valence-corrected chi connectivity index (χ0v) is 15.9. The van der Waals surface area contributed by atoms with E-state index < -0.39 is 0 Å². The molecule has 27 heavy (non-hydrogen) atoms. The second-order valence-electron chi connectivity index (χ2n) is 8.59. The average Bonchev–Trinajstić information content (AvgIpc) is 3.34. The Balaban J connectivity index is 1.44. The Morgan fingerprint density at radius 2 is 2.30 bits per heavy atom. The summed E-state index contributed by atoms with van der Waals surface area (Å²) in [6, 6.07) is 1.78. The number of rotatable bonds is 3. The van der Waals surface area contributed by atoms with Gasteiger partial charge in [0.05, 0.1) is 18.2 Å². The first-order valence-electron chi connectivity index (χ1n) is 9.57. The fraction of sp³-hybridized carbons (Fsp3) is 0.632. The van der Waals surface area contributed by atoms with Gasteiger partial charge in [-0.25, -0.2) is 9.50 Å². The van der Waals surface area contributed by atoms with Crippen molar-refractivity contribution in [2.75, 3.05) is 33.7 Å². The highest BCUT2D eigenvalue weighted by molar-refractivity contribution is 5.94. The van der Waals surface area contributed by atoms with Gasteiger partial charge in [0, 0.05) is 42.9 Å². The number of aromatic amines is 1. The maximum atomic E-state index is 13.1. The highest BCUT2D eigenvalue weighted by Crippen LogP contribution is 2.55. The molecule has 8 nitrogen and oxygen atoms in total. The molecule has 1 amide bonds. The molecule has 4 atom stereocenters. The number of H-pyrrole nitrogens is 1. The zero-order valence-electron chi connectivity index (χ0n) is 15.9. The van der Waals surface area contributed by atoms with E-state index in [4.69, 9.17) is 4.74 Å². The SMILES string of the molecule is Cc1cc2ncc(C(=O)N3C[C@H]4[C@@H](CN(C)C)[C@@H]5CC[C@@]4(C3)O5)c(=O)n2[nH]1. The van der Waals surface area contributed by atoms with E-state index in [1.54, 1.807) is 11.0 Å². The zero-order chi connectivity index (χ0) is 18.9. The van der Waals surface area contributed by atoms with Crippen molar-refractivity contribution in [3.05, 3.63) is 33.9 Å². The summed E-state index contributed by atoms with van der Waals surface area (Å²) in [5.74, 6) is 0.544. The molecule has 144 valence electrons. The molecule has 1 spiro atoms. The molecule has 3 fully saturated rings. The van der Waals surface area contributed by atoms with Crippen molar-refractivity contribution in [3.8, 4) is 0 Å². The molecule has 3 aliphatic heterocycles. The summed E-state index contributed by atoms with van der Waals surface area (Å²) in [6.07, 6.45) is 3.78. The van der Waals surface area contributed by atoms with Crippen LogP contribution < -0.4 is 5.56 Å². The van der Waals surface area contributed by atoms with E-state index in [0.717, 1.165) is 25.1 Å². The van der Waals surface area contributed by atoms with Crippen LogP contribution in [0, 0.1) is 18.8 Å². The number of fused-ring (bicyclic) bond motifs is 2. The number of nitrogens with zero attached hydrogens (tertiary/aromatic N) is 4. The lowest BCUT2D eigenvalue weighted by Gasteiger charge is -2.30. The van der Waals surface area contributed by atoms with E-state index in [2.05, 4.69) is 29.1 Å². The summed E-state index contributed by atoms with van der Waals surface area (Å²) in [4.78, 5) is 34.2. The molecular formula is C19H25N5O3. The number of amides is 1. The first-order valence-corrected chi connectivity index (χ1v) is 9.57. The molecule has 8 heteroatoms. The van der Waals surface area contributed by atoms with Crippen LogP contribution in [0.3, 0.4) is 0 Å². The number of aryl methyl sites for hydroxylation is 1. The first-order chi connectivity index (χ1) is 12.9. The molecule has 0 radical (unpaired) electrons. The fourth-order valence-corrected chi connectivity index (χ4v) is 5.41. The topological polar surface area (TPSA) is 82.9 Å². The largest absolute Gasteiger partial charge is 0.369 e. The van der Waals surface area contributed by atoms with Gasteiger partial charge in [0.25, 0.3) is 11.5 Å². The van der Waals surface area contributed by atoms with Crippen LogP contribution in [0.5, 0.6) is 0 Å². The minimum absolute atomic E-state index is 0.115. The van der Waals surface area contributed by atoms with Crippen LogP contribution in [0.1, 0.15) is 28.9 Å². The average molecular weight is 371 g/mol. The summed E-state index contributed by atoms with van der Waals surface area (Å²) in [5, 5.41) is 2.95. The van der Waals surface area contributed by atoms with Crippen molar-refractivity contribution in [2.45, 2.75) is 31.5 Å². The van der Waals surface area contributed by atoms with Gasteiger partial charge in [-0.15, -0.1) is 0 Å². The summed E-state index contributed by atoms with van der Waals surface area (Å²) in [7, 11) is 4.16. The molecule has 2 aromatic heterocycles. The number of aromatic nitrogens is 3. The van der Waals surface area contributed by atoms with Crippen LogP contribution in [0.25, 0.3) is 5.65 Å². The minimum atomic E-state index is -0.345. The predicted octanol–water partition coefficient (Wildman–Crippen LogP) is 0.512. The summed E-state index contributed by atoms with van der Waals surface area (Å²) in [6.45, 7) is 4.05. The Morgan fingerprint density at radius 3 is 3.07 bits per heavy atom. The second-order valence-corrected chi connectivity index (χ2v) is 8.59. The van der Waals surface area contributed by atoms with Gasteiger partial charge in [0.2, 0.25) is 0 Å². The number of hydrogen-bond acceptors (Lipinski definition) is 5. The quantitative estimate of drug-likeness (QED) is 0.850. The molecule has 0 unspecified atom stereocenters. The maximum absolute atomic E-state index is 13.1. The predicted molar refractivity (Wildman–Crippen MR) is 98.8 cm³/mol. The van der Waals surface area contributed by atoms with Crippen LogP contribution in [0.15, 0.2) is 17.1 Å². The third kappa shape index (κ3) is 2.39. The second kappa shape index (κ2) is 5.65. The first kappa shape index (κ1) is 16.9. The van der Waals surface area contributed by atoms with E-state index in [-0.39, 0.29) is 22.6 Å². The van der Waals surface area contributed by atoms with E-state index >= 15 is 0 Å². The molecule has 2 bridgehead atoms. The molecule has 0 aliphatic carbocycles. The number of hydrogen-bond donors (Lipinski definition) is 1. The number of ether oxygens (including phenoxy) is 1. The smallest absolute Gasteiger partial charge is 0.285 e. The highest BCUT2D eigenvalue weighted by atomic mass is 16.5. The van der Waals surface area contributed by atoms with Gasteiger partial charge in [-0.05, 0) is 33.9 Å². The van der Waals surface area contributed by atoms with Gasteiger partial charge < -0.3 is 14.5 Å². The molecule has 0 aromatic carbocycles. The van der Waals surface area contributed by atoms with E-state index in [9.17, 15) is 9.59 Å². The normalized spacial score (nSPS) is 32.0. The van der Waals surface area contributed by atoms with E-state index in [1.807, 2.05) is 6.92 Å². The van der Waals surface area contributed by atoms with Crippen LogP contribution >= 0.6 is 0 Å². The lowest BCUT2D eigenvalue weighted by molar-refractivity contribution is 0.00253. The minimum Gasteiger partial charge on any atom is -0.369 e. The van der Waals surface area contributed by atoms with Crippen molar-refractivity contribution in [2.24, 2.45) is 11.8 Å². The fourth-order valence-electron chi connectivity index (χ4n) is 5.41. The van der Waals surface area contributed by atoms with Crippen LogP contribution in [0.4, 0.5) is 0 Å². The van der Waals surface area contributed by atoms with Crippen molar-refractivity contribution < 1.29 is 9.53 Å². The van der Waals surface area contributed by atoms with Gasteiger partial charge in [-0.3, -0.25) is 14.7 Å². The molecule has 5 heterocycles. The Kier molecular flexibility index (Phi) is 3.55. The monoisotopic (exact) mass is 371 g/mol. The molecule has 0 saturated carbocycles. The number of carbonyl (C=O) groups is 1. The van der Waals surface area contributed by atoms with Gasteiger partial charge in [0.1, 0.15) is 5.56 Å². The lowest BCUT2D eigenvalue weighted by Crippen LogP contribution is -2.40. The summed E-state index contributed by atoms with van der Waals surface area (Å²) >= 11 is 0. The number of carbonyl (C=O) groups excluding carboxylic acids is 1. The van der Waals surface area contributed by atoms with Gasteiger partial charge in [0.15, 0.2) is 5.65 Å². The number of nitrogens with one attached hydrogen (secondary N) is 1. The summed E-state index contributed by atoms with van der Waals surface area (Å²) < 4.78 is 7.73. The molecule has 1 N–H and O–H groups in total. The lowest BCUT2D eigenvalue weighted by atomic mass is 9.73. The van der Waals surface area contributed by atoms with Gasteiger partial charge in [-0.1, -0.05) is 0 Å². The number of likely N-dealkylation sites (tertiary alicyclic amines) is 1. The van der Waals surface area contributed by atoms with Crippen molar-refractivity contribution in [1.29, 1.82) is 0 Å². The third-order valence-corrected chi connectivity index (χ3v) is 6.50. The Labute approximate surface area is 157 Å². The molecule has 2 aromatic rings. The van der Waals surface area contributed by atoms with Crippen LogP contribution in [0.2, 0.25) is 0 Å². The molecule has 5 rings (SSSR count).